The van der Waals surface area contributed by atoms with Crippen molar-refractivity contribution >= 4 is 8.32 Å². The molecule has 1 aromatic rings. The van der Waals surface area contributed by atoms with Crippen LogP contribution in [0, 0.1) is 0 Å². The van der Waals surface area contributed by atoms with Crippen LogP contribution in [0.25, 0.3) is 0 Å². The quantitative estimate of drug-likeness (QED) is 0.836. The molecule has 4 heteroatoms. The van der Waals surface area contributed by atoms with Gasteiger partial charge in [-0.3, -0.25) is 4.98 Å². The smallest absolute Gasteiger partial charge is 0.192 e. The Bertz CT molecular complexity index is 476. The van der Waals surface area contributed by atoms with Crippen LogP contribution in [0.4, 0.5) is 0 Å². The van der Waals surface area contributed by atoms with E-state index in [4.69, 9.17) is 10.2 Å². The fourth-order valence-electron chi connectivity index (χ4n) is 2.00. The molecule has 0 unspecified atom stereocenters. The summed E-state index contributed by atoms with van der Waals surface area (Å²) in [5.41, 5.74) is 9.34. The second-order valence-corrected chi connectivity index (χ2v) is 12.2. The highest BCUT2D eigenvalue weighted by Gasteiger charge is 2.37. The highest BCUT2D eigenvalue weighted by Crippen LogP contribution is 2.42. The van der Waals surface area contributed by atoms with E-state index in [1.165, 1.54) is 18.4 Å². The lowest BCUT2D eigenvalue weighted by Gasteiger charge is -2.36. The van der Waals surface area contributed by atoms with E-state index in [0.717, 1.165) is 11.3 Å². The molecule has 2 N–H and O–H groups in total. The molecule has 1 aliphatic carbocycles. The molecule has 0 saturated heterocycles. The van der Waals surface area contributed by atoms with Gasteiger partial charge in [0.2, 0.25) is 0 Å². The summed E-state index contributed by atoms with van der Waals surface area (Å²) >= 11 is 0. The largest absolute Gasteiger partial charge is 0.411 e. The molecule has 1 fully saturated rings. The SMILES string of the molecule is CC(C)(C)[Si](C)(C)OCc1ncc(CN)cc1C1CC1. The van der Waals surface area contributed by atoms with Crippen LogP contribution in [-0.4, -0.2) is 13.3 Å². The van der Waals surface area contributed by atoms with Gasteiger partial charge in [-0.05, 0) is 48.0 Å². The summed E-state index contributed by atoms with van der Waals surface area (Å²) in [4.78, 5) is 4.61. The summed E-state index contributed by atoms with van der Waals surface area (Å²) in [5.74, 6) is 0.687. The fourth-order valence-corrected chi connectivity index (χ4v) is 2.93. The molecule has 112 valence electrons. The summed E-state index contributed by atoms with van der Waals surface area (Å²) in [6, 6.07) is 2.23. The molecule has 20 heavy (non-hydrogen) atoms. The van der Waals surface area contributed by atoms with Crippen LogP contribution in [0.5, 0.6) is 0 Å². The molecule has 0 atom stereocenters. The standard InChI is InChI=1S/C16H28N2OSi/c1-16(2,3)20(4,5)19-11-15-14(13-6-7-13)8-12(9-17)10-18-15/h8,10,13H,6-7,9,11,17H2,1-5H3. The van der Waals surface area contributed by atoms with Crippen molar-refractivity contribution in [3.05, 3.63) is 29.1 Å². The van der Waals surface area contributed by atoms with E-state index in [-0.39, 0.29) is 5.04 Å². The topological polar surface area (TPSA) is 48.1 Å². The predicted octanol–water partition coefficient (Wildman–Crippen LogP) is 3.94. The van der Waals surface area contributed by atoms with Crippen molar-refractivity contribution in [3.63, 3.8) is 0 Å². The number of nitrogens with zero attached hydrogens (tertiary/aromatic N) is 1. The second-order valence-electron chi connectivity index (χ2n) is 7.41. The summed E-state index contributed by atoms with van der Waals surface area (Å²) in [6.07, 6.45) is 4.46. The predicted molar refractivity (Wildman–Crippen MR) is 86.1 cm³/mol. The first-order valence-corrected chi connectivity index (χ1v) is 10.5. The van der Waals surface area contributed by atoms with Gasteiger partial charge in [-0.1, -0.05) is 26.8 Å². The lowest BCUT2D eigenvalue weighted by Crippen LogP contribution is -2.40. The Hall–Kier alpha value is -0.713. The van der Waals surface area contributed by atoms with Gasteiger partial charge in [0.15, 0.2) is 8.32 Å². The molecule has 0 aliphatic heterocycles. The Morgan fingerprint density at radius 1 is 1.35 bits per heavy atom. The van der Waals surface area contributed by atoms with Crippen LogP contribution in [0.1, 0.15) is 56.4 Å². The van der Waals surface area contributed by atoms with Gasteiger partial charge in [-0.15, -0.1) is 0 Å². The van der Waals surface area contributed by atoms with Crippen molar-refractivity contribution < 1.29 is 4.43 Å². The van der Waals surface area contributed by atoms with Gasteiger partial charge in [0.05, 0.1) is 12.3 Å². The van der Waals surface area contributed by atoms with E-state index in [2.05, 4.69) is 44.9 Å². The maximum atomic E-state index is 6.32. The number of nitrogens with two attached hydrogens (primary N) is 1. The van der Waals surface area contributed by atoms with E-state index in [0.29, 0.717) is 19.1 Å². The Morgan fingerprint density at radius 3 is 2.50 bits per heavy atom. The van der Waals surface area contributed by atoms with Crippen molar-refractivity contribution in [1.82, 2.24) is 4.98 Å². The molecule has 1 aliphatic rings. The zero-order chi connectivity index (χ0) is 15.0. The molecule has 0 radical (unpaired) electrons. The van der Waals surface area contributed by atoms with Crippen molar-refractivity contribution in [3.8, 4) is 0 Å². The first-order chi connectivity index (χ1) is 9.24. The van der Waals surface area contributed by atoms with E-state index in [9.17, 15) is 0 Å². The van der Waals surface area contributed by atoms with Crippen LogP contribution in [0.2, 0.25) is 18.1 Å². The molecular formula is C16H28N2OSi. The van der Waals surface area contributed by atoms with Gasteiger partial charge in [-0.25, -0.2) is 0 Å². The van der Waals surface area contributed by atoms with Gasteiger partial charge in [0, 0.05) is 12.7 Å². The molecule has 3 nitrogen and oxygen atoms in total. The van der Waals surface area contributed by atoms with Crippen LogP contribution < -0.4 is 5.73 Å². The highest BCUT2D eigenvalue weighted by atomic mass is 28.4. The van der Waals surface area contributed by atoms with Crippen LogP contribution in [0.3, 0.4) is 0 Å². The molecule has 0 bridgehead atoms. The summed E-state index contributed by atoms with van der Waals surface area (Å²) < 4.78 is 6.32. The van der Waals surface area contributed by atoms with E-state index >= 15 is 0 Å². The van der Waals surface area contributed by atoms with Crippen molar-refractivity contribution in [2.75, 3.05) is 0 Å². The third-order valence-corrected chi connectivity index (χ3v) is 9.17. The molecular weight excluding hydrogens is 264 g/mol. The third-order valence-electron chi connectivity index (χ3n) is 4.69. The van der Waals surface area contributed by atoms with Gasteiger partial charge >= 0.3 is 0 Å². The summed E-state index contributed by atoms with van der Waals surface area (Å²) in [5, 5.41) is 0.240. The Kier molecular flexibility index (Phi) is 4.37. The second kappa shape index (κ2) is 5.58. The maximum Gasteiger partial charge on any atom is 0.192 e. The number of hydrogen-bond donors (Lipinski definition) is 1. The van der Waals surface area contributed by atoms with Crippen molar-refractivity contribution in [1.29, 1.82) is 0 Å². The number of rotatable bonds is 5. The summed E-state index contributed by atoms with van der Waals surface area (Å²) in [6.45, 7) is 12.6. The fraction of sp³-hybridized carbons (Fsp3) is 0.688. The highest BCUT2D eigenvalue weighted by molar-refractivity contribution is 6.74. The molecule has 1 heterocycles. The zero-order valence-electron chi connectivity index (χ0n) is 13.5. The van der Waals surface area contributed by atoms with Gasteiger partial charge in [0.25, 0.3) is 0 Å². The van der Waals surface area contributed by atoms with Gasteiger partial charge in [-0.2, -0.15) is 0 Å². The maximum absolute atomic E-state index is 6.32. The number of aromatic nitrogens is 1. The average molecular weight is 292 g/mol. The minimum Gasteiger partial charge on any atom is -0.411 e. The summed E-state index contributed by atoms with van der Waals surface area (Å²) in [7, 11) is -1.71. The zero-order valence-corrected chi connectivity index (χ0v) is 14.5. The Morgan fingerprint density at radius 2 is 2.00 bits per heavy atom. The molecule has 1 saturated carbocycles. The molecule has 1 aromatic heterocycles. The lowest BCUT2D eigenvalue weighted by atomic mass is 10.1. The normalized spacial score (nSPS) is 16.5. The van der Waals surface area contributed by atoms with Crippen LogP contribution in [0.15, 0.2) is 12.3 Å². The molecule has 0 spiro atoms. The first kappa shape index (κ1) is 15.7. The van der Waals surface area contributed by atoms with E-state index < -0.39 is 8.32 Å². The molecule has 2 rings (SSSR count). The van der Waals surface area contributed by atoms with Crippen LogP contribution in [-0.2, 0) is 17.6 Å². The van der Waals surface area contributed by atoms with Crippen molar-refractivity contribution in [2.45, 2.75) is 70.8 Å². The van der Waals surface area contributed by atoms with E-state index in [1.807, 2.05) is 6.20 Å². The monoisotopic (exact) mass is 292 g/mol. The first-order valence-electron chi connectivity index (χ1n) is 7.56. The molecule has 0 amide bonds. The van der Waals surface area contributed by atoms with Gasteiger partial charge < -0.3 is 10.2 Å². The van der Waals surface area contributed by atoms with Gasteiger partial charge in [0.1, 0.15) is 0 Å². The number of pyridine rings is 1. The minimum atomic E-state index is -1.71. The Balaban J connectivity index is 2.13. The number of hydrogen-bond acceptors (Lipinski definition) is 3. The molecule has 0 aromatic carbocycles. The van der Waals surface area contributed by atoms with Crippen LogP contribution >= 0.6 is 0 Å². The Labute approximate surface area is 124 Å². The van der Waals surface area contributed by atoms with E-state index in [1.54, 1.807) is 0 Å². The third kappa shape index (κ3) is 3.48. The minimum absolute atomic E-state index is 0.240. The van der Waals surface area contributed by atoms with Crippen molar-refractivity contribution in [2.24, 2.45) is 5.73 Å². The average Bonchev–Trinajstić information content (AvgIpc) is 3.19. The lowest BCUT2D eigenvalue weighted by molar-refractivity contribution is 0.271.